The first-order chi connectivity index (χ1) is 14.9. The molecule has 0 radical (unpaired) electrons. The molecule has 31 heavy (non-hydrogen) atoms. The SMILES string of the molecule is CN1C(=O)/C(=C/c2cn(CCCOc3ccccc3Cl)c3ccc(Br)cc23)N(C)C1=S. The van der Waals surface area contributed by atoms with E-state index in [0.717, 1.165) is 33.9 Å². The molecule has 160 valence electrons. The highest BCUT2D eigenvalue weighted by Gasteiger charge is 2.32. The highest BCUT2D eigenvalue weighted by atomic mass is 79.9. The fraction of sp³-hybridized carbons (Fsp3) is 0.217. The highest BCUT2D eigenvalue weighted by molar-refractivity contribution is 9.10. The summed E-state index contributed by atoms with van der Waals surface area (Å²) in [4.78, 5) is 15.8. The summed E-state index contributed by atoms with van der Waals surface area (Å²) in [6.07, 6.45) is 4.79. The Balaban J connectivity index is 1.58. The lowest BCUT2D eigenvalue weighted by molar-refractivity contribution is -0.121. The first kappa shape index (κ1) is 21.9. The number of para-hydroxylation sites is 1. The monoisotopic (exact) mass is 517 g/mol. The van der Waals surface area contributed by atoms with E-state index in [9.17, 15) is 4.79 Å². The van der Waals surface area contributed by atoms with E-state index in [2.05, 4.69) is 38.8 Å². The molecule has 0 N–H and O–H groups in total. The van der Waals surface area contributed by atoms with Crippen LogP contribution in [-0.4, -0.2) is 46.1 Å². The van der Waals surface area contributed by atoms with Gasteiger partial charge in [0.1, 0.15) is 11.4 Å². The molecule has 0 bridgehead atoms. The maximum absolute atomic E-state index is 12.6. The Morgan fingerprint density at radius 1 is 1.16 bits per heavy atom. The van der Waals surface area contributed by atoms with Crippen LogP contribution in [0.4, 0.5) is 0 Å². The van der Waals surface area contributed by atoms with E-state index in [1.165, 1.54) is 4.90 Å². The van der Waals surface area contributed by atoms with Crippen LogP contribution < -0.4 is 4.74 Å². The minimum absolute atomic E-state index is 0.100. The number of ether oxygens (including phenoxy) is 1. The van der Waals surface area contributed by atoms with E-state index in [0.29, 0.717) is 28.2 Å². The van der Waals surface area contributed by atoms with Crippen LogP contribution >= 0.6 is 39.7 Å². The van der Waals surface area contributed by atoms with Crippen LogP contribution in [0.2, 0.25) is 5.02 Å². The van der Waals surface area contributed by atoms with Crippen LogP contribution in [0, 0.1) is 0 Å². The molecule has 3 aromatic rings. The van der Waals surface area contributed by atoms with Gasteiger partial charge in [-0.2, -0.15) is 0 Å². The Labute approximate surface area is 200 Å². The molecule has 2 heterocycles. The number of halogens is 2. The molecule has 1 aliphatic heterocycles. The average Bonchev–Trinajstić information content (AvgIpc) is 3.18. The van der Waals surface area contributed by atoms with E-state index >= 15 is 0 Å². The van der Waals surface area contributed by atoms with Gasteiger partial charge in [-0.1, -0.05) is 39.7 Å². The van der Waals surface area contributed by atoms with E-state index in [1.807, 2.05) is 43.5 Å². The van der Waals surface area contributed by atoms with Crippen LogP contribution in [0.25, 0.3) is 17.0 Å². The van der Waals surface area contributed by atoms with Crippen molar-refractivity contribution in [3.63, 3.8) is 0 Å². The summed E-state index contributed by atoms with van der Waals surface area (Å²) in [5.74, 6) is 0.593. The number of likely N-dealkylation sites (N-methyl/N-ethyl adjacent to an activating group) is 2. The summed E-state index contributed by atoms with van der Waals surface area (Å²) in [6.45, 7) is 1.32. The van der Waals surface area contributed by atoms with Crippen LogP contribution in [-0.2, 0) is 11.3 Å². The lowest BCUT2D eigenvalue weighted by Gasteiger charge is -2.10. The standard InChI is InChI=1S/C23H21BrClN3O2S/c1-26-20(22(29)27(2)23(26)31)12-15-14-28(19-9-8-16(24)13-17(15)19)10-5-11-30-21-7-4-3-6-18(21)25/h3-4,6-9,12-14H,5,10-11H2,1-2H3/b20-12-. The number of aryl methyl sites for hydroxylation is 1. The van der Waals surface area contributed by atoms with Gasteiger partial charge in [0.15, 0.2) is 5.11 Å². The number of fused-ring (bicyclic) bond motifs is 1. The van der Waals surface area contributed by atoms with Crippen molar-refractivity contribution >= 4 is 67.7 Å². The number of carbonyl (C=O) groups excluding carboxylic acids is 1. The van der Waals surface area contributed by atoms with Gasteiger partial charge in [0.25, 0.3) is 5.91 Å². The molecule has 0 unspecified atom stereocenters. The molecule has 1 aromatic heterocycles. The van der Waals surface area contributed by atoms with Crippen LogP contribution in [0.15, 0.2) is 58.8 Å². The van der Waals surface area contributed by atoms with Gasteiger partial charge in [-0.15, -0.1) is 0 Å². The maximum Gasteiger partial charge on any atom is 0.276 e. The van der Waals surface area contributed by atoms with Gasteiger partial charge in [0, 0.05) is 47.8 Å². The summed E-state index contributed by atoms with van der Waals surface area (Å²) in [6, 6.07) is 13.6. The van der Waals surface area contributed by atoms with Crippen molar-refractivity contribution in [1.29, 1.82) is 0 Å². The molecule has 0 spiro atoms. The lowest BCUT2D eigenvalue weighted by atomic mass is 10.1. The molecule has 1 saturated heterocycles. The third-order valence-corrected chi connectivity index (χ3v) is 6.62. The van der Waals surface area contributed by atoms with Gasteiger partial charge in [0.05, 0.1) is 11.6 Å². The van der Waals surface area contributed by atoms with Gasteiger partial charge in [-0.25, -0.2) is 0 Å². The van der Waals surface area contributed by atoms with Crippen molar-refractivity contribution in [1.82, 2.24) is 14.4 Å². The number of hydrogen-bond donors (Lipinski definition) is 0. The van der Waals surface area contributed by atoms with Crippen molar-refractivity contribution in [3.8, 4) is 5.75 Å². The van der Waals surface area contributed by atoms with Crippen molar-refractivity contribution in [2.45, 2.75) is 13.0 Å². The average molecular weight is 519 g/mol. The molecule has 1 amide bonds. The Bertz CT molecular complexity index is 1210. The third-order valence-electron chi connectivity index (χ3n) is 5.26. The number of hydrogen-bond acceptors (Lipinski definition) is 3. The van der Waals surface area contributed by atoms with E-state index in [-0.39, 0.29) is 5.91 Å². The number of nitrogens with zero attached hydrogens (tertiary/aromatic N) is 3. The van der Waals surface area contributed by atoms with Crippen LogP contribution in [0.1, 0.15) is 12.0 Å². The summed E-state index contributed by atoms with van der Waals surface area (Å²) < 4.78 is 8.99. The van der Waals surface area contributed by atoms with E-state index in [1.54, 1.807) is 11.9 Å². The normalized spacial score (nSPS) is 15.5. The second-order valence-electron chi connectivity index (χ2n) is 7.31. The van der Waals surface area contributed by atoms with Crippen molar-refractivity contribution in [2.24, 2.45) is 0 Å². The Morgan fingerprint density at radius 2 is 1.94 bits per heavy atom. The van der Waals surface area contributed by atoms with E-state index in [4.69, 9.17) is 28.6 Å². The number of carbonyl (C=O) groups is 1. The number of amides is 1. The second-order valence-corrected chi connectivity index (χ2v) is 9.00. The summed E-state index contributed by atoms with van der Waals surface area (Å²) in [5.41, 5.74) is 2.63. The Kier molecular flexibility index (Phi) is 6.36. The zero-order valence-corrected chi connectivity index (χ0v) is 20.3. The molecule has 0 atom stereocenters. The van der Waals surface area contributed by atoms with Crippen LogP contribution in [0.5, 0.6) is 5.75 Å². The van der Waals surface area contributed by atoms with Gasteiger partial charge < -0.3 is 14.2 Å². The number of thiocarbonyl (C=S) groups is 1. The van der Waals surface area contributed by atoms with E-state index < -0.39 is 0 Å². The number of benzene rings is 2. The van der Waals surface area contributed by atoms with Gasteiger partial charge in [0.2, 0.25) is 0 Å². The lowest BCUT2D eigenvalue weighted by Crippen LogP contribution is -2.26. The molecular formula is C23H21BrClN3O2S. The molecule has 1 aliphatic rings. The summed E-state index contributed by atoms with van der Waals surface area (Å²) in [5, 5.41) is 2.18. The Morgan fingerprint density at radius 3 is 2.65 bits per heavy atom. The van der Waals surface area contributed by atoms with Crippen LogP contribution in [0.3, 0.4) is 0 Å². The number of aromatic nitrogens is 1. The summed E-state index contributed by atoms with van der Waals surface area (Å²) >= 11 is 15.0. The Hall–Kier alpha value is -2.35. The fourth-order valence-corrected chi connectivity index (χ4v) is 4.34. The minimum Gasteiger partial charge on any atom is -0.492 e. The number of rotatable bonds is 6. The van der Waals surface area contributed by atoms with Gasteiger partial charge in [-0.05, 0) is 55.0 Å². The molecule has 0 aliphatic carbocycles. The van der Waals surface area contributed by atoms with Crippen molar-refractivity contribution in [3.05, 3.63) is 69.4 Å². The molecule has 4 rings (SSSR count). The topological polar surface area (TPSA) is 37.7 Å². The zero-order chi connectivity index (χ0) is 22.1. The predicted molar refractivity (Wildman–Crippen MR) is 132 cm³/mol. The maximum atomic E-state index is 12.6. The minimum atomic E-state index is -0.100. The van der Waals surface area contributed by atoms with Crippen molar-refractivity contribution < 1.29 is 9.53 Å². The smallest absolute Gasteiger partial charge is 0.276 e. The first-order valence-electron chi connectivity index (χ1n) is 9.80. The van der Waals surface area contributed by atoms with Gasteiger partial charge >= 0.3 is 0 Å². The highest BCUT2D eigenvalue weighted by Crippen LogP contribution is 2.29. The zero-order valence-electron chi connectivity index (χ0n) is 17.1. The molecular weight excluding hydrogens is 498 g/mol. The quantitative estimate of drug-likeness (QED) is 0.243. The largest absolute Gasteiger partial charge is 0.492 e. The second kappa shape index (κ2) is 9.02. The fourth-order valence-electron chi connectivity index (χ4n) is 3.61. The molecule has 5 nitrogen and oxygen atoms in total. The van der Waals surface area contributed by atoms with Gasteiger partial charge in [-0.3, -0.25) is 9.69 Å². The summed E-state index contributed by atoms with van der Waals surface area (Å²) in [7, 11) is 3.51. The predicted octanol–water partition coefficient (Wildman–Crippen LogP) is 5.56. The molecule has 0 saturated carbocycles. The van der Waals surface area contributed by atoms with Crippen molar-refractivity contribution in [2.75, 3.05) is 20.7 Å². The third kappa shape index (κ3) is 4.35. The molecule has 1 fully saturated rings. The molecule has 8 heteroatoms. The molecule has 2 aromatic carbocycles. The first-order valence-corrected chi connectivity index (χ1v) is 11.4.